The molecule has 0 radical (unpaired) electrons. The first-order chi connectivity index (χ1) is 8.13. The number of nitrogens with two attached hydrogens (primary N) is 1. The van der Waals surface area contributed by atoms with Gasteiger partial charge in [0.2, 0.25) is 0 Å². The number of hydrogen-bond acceptors (Lipinski definition) is 3. The van der Waals surface area contributed by atoms with E-state index in [0.29, 0.717) is 35.2 Å². The van der Waals surface area contributed by atoms with Gasteiger partial charge in [-0.2, -0.15) is 0 Å². The molecule has 1 aromatic carbocycles. The molecule has 2 aromatic rings. The highest BCUT2D eigenvalue weighted by molar-refractivity contribution is 6.31. The molecule has 4 nitrogen and oxygen atoms in total. The van der Waals surface area contributed by atoms with Crippen LogP contribution in [0, 0.1) is 5.82 Å². The van der Waals surface area contributed by atoms with E-state index in [1.807, 2.05) is 0 Å². The van der Waals surface area contributed by atoms with Crippen molar-refractivity contribution in [1.82, 2.24) is 14.8 Å². The maximum atomic E-state index is 13.6. The number of aromatic nitrogens is 3. The van der Waals surface area contributed by atoms with E-state index in [2.05, 4.69) is 10.2 Å². The van der Waals surface area contributed by atoms with Crippen LogP contribution in [0.2, 0.25) is 5.02 Å². The van der Waals surface area contributed by atoms with Gasteiger partial charge in [-0.05, 0) is 12.1 Å². The van der Waals surface area contributed by atoms with Crippen LogP contribution in [-0.4, -0.2) is 14.8 Å². The molecular weight excluding hydrogens is 243 g/mol. The van der Waals surface area contributed by atoms with Crippen molar-refractivity contribution >= 4 is 11.6 Å². The first-order valence-electron chi connectivity index (χ1n) is 5.13. The van der Waals surface area contributed by atoms with Gasteiger partial charge in [-0.15, -0.1) is 10.2 Å². The van der Waals surface area contributed by atoms with E-state index in [4.69, 9.17) is 17.3 Å². The molecule has 0 aliphatic heterocycles. The second-order valence-electron chi connectivity index (χ2n) is 3.67. The lowest BCUT2D eigenvalue weighted by Crippen LogP contribution is -2.08. The summed E-state index contributed by atoms with van der Waals surface area (Å²) in [7, 11) is 1.80. The number of nitrogens with zero attached hydrogens (tertiary/aromatic N) is 3. The van der Waals surface area contributed by atoms with E-state index >= 15 is 0 Å². The molecule has 0 saturated carbocycles. The topological polar surface area (TPSA) is 56.7 Å². The average Bonchev–Trinajstić information content (AvgIpc) is 2.65. The summed E-state index contributed by atoms with van der Waals surface area (Å²) in [5.74, 6) is 0.958. The Bertz CT molecular complexity index is 518. The zero-order chi connectivity index (χ0) is 12.4. The van der Waals surface area contributed by atoms with Crippen LogP contribution in [0.4, 0.5) is 4.39 Å². The van der Waals surface area contributed by atoms with Gasteiger partial charge in [0.1, 0.15) is 17.5 Å². The molecule has 1 heterocycles. The van der Waals surface area contributed by atoms with Crippen LogP contribution in [0.25, 0.3) is 0 Å². The largest absolute Gasteiger partial charge is 0.324 e. The third-order valence-corrected chi connectivity index (χ3v) is 2.99. The van der Waals surface area contributed by atoms with Crippen LogP contribution in [0.15, 0.2) is 18.2 Å². The lowest BCUT2D eigenvalue weighted by Gasteiger charge is -2.06. The third kappa shape index (κ3) is 2.30. The van der Waals surface area contributed by atoms with Crippen LogP contribution in [0.3, 0.4) is 0 Å². The van der Waals surface area contributed by atoms with Gasteiger partial charge in [0.15, 0.2) is 0 Å². The molecule has 0 unspecified atom stereocenters. The van der Waals surface area contributed by atoms with Crippen molar-refractivity contribution in [3.05, 3.63) is 46.3 Å². The molecule has 1 aromatic heterocycles. The first kappa shape index (κ1) is 12.0. The van der Waals surface area contributed by atoms with Crippen molar-refractivity contribution in [2.24, 2.45) is 12.8 Å². The third-order valence-electron chi connectivity index (χ3n) is 2.63. The SMILES string of the molecule is Cn1c(CN)nnc1Cc1c(F)cccc1Cl. The smallest absolute Gasteiger partial charge is 0.146 e. The number of hydrogen-bond donors (Lipinski definition) is 1. The molecule has 2 rings (SSSR count). The van der Waals surface area contributed by atoms with Crippen LogP contribution >= 0.6 is 11.6 Å². The lowest BCUT2D eigenvalue weighted by atomic mass is 10.1. The zero-order valence-corrected chi connectivity index (χ0v) is 10.1. The Balaban J connectivity index is 2.35. The fourth-order valence-corrected chi connectivity index (χ4v) is 1.82. The van der Waals surface area contributed by atoms with Gasteiger partial charge < -0.3 is 10.3 Å². The van der Waals surface area contributed by atoms with Gasteiger partial charge in [-0.25, -0.2) is 4.39 Å². The fraction of sp³-hybridized carbons (Fsp3) is 0.273. The highest BCUT2D eigenvalue weighted by Gasteiger charge is 2.13. The van der Waals surface area contributed by atoms with Crippen molar-refractivity contribution in [1.29, 1.82) is 0 Å². The van der Waals surface area contributed by atoms with E-state index < -0.39 is 0 Å². The molecular formula is C11H12ClFN4. The molecule has 0 aliphatic carbocycles. The Kier molecular flexibility index (Phi) is 3.40. The number of benzene rings is 1. The predicted molar refractivity (Wildman–Crippen MR) is 63.1 cm³/mol. The highest BCUT2D eigenvalue weighted by atomic mass is 35.5. The fourth-order valence-electron chi connectivity index (χ4n) is 1.59. The summed E-state index contributed by atoms with van der Waals surface area (Å²) in [5, 5.41) is 8.27. The van der Waals surface area contributed by atoms with Crippen LogP contribution in [0.5, 0.6) is 0 Å². The monoisotopic (exact) mass is 254 g/mol. The van der Waals surface area contributed by atoms with Gasteiger partial charge in [-0.3, -0.25) is 0 Å². The lowest BCUT2D eigenvalue weighted by molar-refractivity contribution is 0.610. The molecule has 0 bridgehead atoms. The van der Waals surface area contributed by atoms with Gasteiger partial charge in [-0.1, -0.05) is 17.7 Å². The van der Waals surface area contributed by atoms with Crippen molar-refractivity contribution in [3.8, 4) is 0 Å². The van der Waals surface area contributed by atoms with Crippen molar-refractivity contribution in [2.75, 3.05) is 0 Å². The molecule has 0 aliphatic rings. The summed E-state index contributed by atoms with van der Waals surface area (Å²) in [6.07, 6.45) is 0.301. The Labute approximate surface area is 103 Å². The molecule has 90 valence electrons. The van der Waals surface area contributed by atoms with Crippen LogP contribution in [-0.2, 0) is 20.0 Å². The summed E-state index contributed by atoms with van der Waals surface area (Å²) in [6, 6.07) is 4.60. The van der Waals surface area contributed by atoms with Crippen LogP contribution < -0.4 is 5.73 Å². The minimum absolute atomic E-state index is 0.300. The molecule has 0 atom stereocenters. The number of rotatable bonds is 3. The second-order valence-corrected chi connectivity index (χ2v) is 4.08. The zero-order valence-electron chi connectivity index (χ0n) is 9.32. The Morgan fingerprint density at radius 2 is 2.06 bits per heavy atom. The van der Waals surface area contributed by atoms with Gasteiger partial charge >= 0.3 is 0 Å². The normalized spacial score (nSPS) is 10.8. The van der Waals surface area contributed by atoms with E-state index in [1.54, 1.807) is 23.7 Å². The van der Waals surface area contributed by atoms with Gasteiger partial charge in [0.25, 0.3) is 0 Å². The van der Waals surface area contributed by atoms with Crippen molar-refractivity contribution in [2.45, 2.75) is 13.0 Å². The standard InChI is InChI=1S/C11H12ClFN4/c1-17-10(15-16-11(17)6-14)5-7-8(12)3-2-4-9(7)13/h2-4H,5-6,14H2,1H3. The average molecular weight is 255 g/mol. The molecule has 0 fully saturated rings. The Hall–Kier alpha value is -1.46. The summed E-state index contributed by atoms with van der Waals surface area (Å²) in [5.41, 5.74) is 5.92. The quantitative estimate of drug-likeness (QED) is 0.906. The maximum absolute atomic E-state index is 13.6. The highest BCUT2D eigenvalue weighted by Crippen LogP contribution is 2.21. The van der Waals surface area contributed by atoms with Crippen molar-refractivity contribution in [3.63, 3.8) is 0 Å². The minimum atomic E-state index is -0.338. The molecule has 0 amide bonds. The first-order valence-corrected chi connectivity index (χ1v) is 5.51. The van der Waals surface area contributed by atoms with E-state index in [9.17, 15) is 4.39 Å². The second kappa shape index (κ2) is 4.81. The van der Waals surface area contributed by atoms with Gasteiger partial charge in [0, 0.05) is 24.1 Å². The molecule has 17 heavy (non-hydrogen) atoms. The van der Waals surface area contributed by atoms with Crippen molar-refractivity contribution < 1.29 is 4.39 Å². The maximum Gasteiger partial charge on any atom is 0.146 e. The molecule has 0 saturated heterocycles. The summed E-state index contributed by atoms with van der Waals surface area (Å²) >= 11 is 5.95. The molecule has 6 heteroatoms. The predicted octanol–water partition coefficient (Wildman–Crippen LogP) is 1.66. The van der Waals surface area contributed by atoms with E-state index in [-0.39, 0.29) is 5.82 Å². The molecule has 0 spiro atoms. The number of halogens is 2. The van der Waals surface area contributed by atoms with Gasteiger partial charge in [0.05, 0.1) is 6.54 Å². The summed E-state index contributed by atoms with van der Waals surface area (Å²) in [4.78, 5) is 0. The minimum Gasteiger partial charge on any atom is -0.324 e. The molecule has 2 N–H and O–H groups in total. The Morgan fingerprint density at radius 1 is 1.35 bits per heavy atom. The van der Waals surface area contributed by atoms with E-state index in [0.717, 1.165) is 0 Å². The Morgan fingerprint density at radius 3 is 2.65 bits per heavy atom. The van der Waals surface area contributed by atoms with Crippen LogP contribution in [0.1, 0.15) is 17.2 Å². The summed E-state index contributed by atoms with van der Waals surface area (Å²) < 4.78 is 15.3. The van der Waals surface area contributed by atoms with E-state index in [1.165, 1.54) is 6.07 Å². The summed E-state index contributed by atoms with van der Waals surface area (Å²) in [6.45, 7) is 0.300.